The van der Waals surface area contributed by atoms with Crippen LogP contribution < -0.4 is 0 Å². The van der Waals surface area contributed by atoms with E-state index < -0.39 is 0 Å². The van der Waals surface area contributed by atoms with Gasteiger partial charge in [0.25, 0.3) is 0 Å². The van der Waals surface area contributed by atoms with E-state index in [0.29, 0.717) is 5.56 Å². The zero-order valence-corrected chi connectivity index (χ0v) is 8.73. The zero-order chi connectivity index (χ0) is 11.4. The summed E-state index contributed by atoms with van der Waals surface area (Å²) in [4.78, 5) is 23.8. The predicted molar refractivity (Wildman–Crippen MR) is 55.7 cm³/mol. The Labute approximate surface area is 88.1 Å². The molecule has 0 radical (unpaired) electrons. The molecule has 0 aromatic heterocycles. The van der Waals surface area contributed by atoms with Crippen molar-refractivity contribution in [2.24, 2.45) is 0 Å². The van der Waals surface area contributed by atoms with Crippen molar-refractivity contribution < 1.29 is 14.7 Å². The summed E-state index contributed by atoms with van der Waals surface area (Å²) in [6, 6.07) is 5.96. The number of phenols is 1. The second-order valence-electron chi connectivity index (χ2n) is 3.35. The first-order valence-electron chi connectivity index (χ1n) is 4.54. The van der Waals surface area contributed by atoms with Crippen molar-refractivity contribution in [1.29, 1.82) is 0 Å². The lowest BCUT2D eigenvalue weighted by Crippen LogP contribution is -2.29. The molecule has 1 aromatic rings. The van der Waals surface area contributed by atoms with E-state index in [1.807, 2.05) is 0 Å². The van der Waals surface area contributed by atoms with Gasteiger partial charge in [0.1, 0.15) is 5.75 Å². The minimum atomic E-state index is -0.151. The summed E-state index contributed by atoms with van der Waals surface area (Å²) in [6.45, 7) is 1.46. The first-order chi connectivity index (χ1) is 7.00. The molecular weight excluding hydrogens is 194 g/mol. The molecule has 0 aliphatic rings. The molecular formula is C11H13NO3. The number of ketones is 1. The van der Waals surface area contributed by atoms with Crippen molar-refractivity contribution in [3.8, 4) is 5.75 Å². The van der Waals surface area contributed by atoms with Crippen molar-refractivity contribution in [2.45, 2.75) is 6.92 Å². The van der Waals surface area contributed by atoms with Gasteiger partial charge < -0.3 is 10.0 Å². The minimum absolute atomic E-state index is 0.0557. The number of phenolic OH excluding ortho intramolecular Hbond substituents is 1. The lowest BCUT2D eigenvalue weighted by atomic mass is 10.1. The van der Waals surface area contributed by atoms with E-state index in [-0.39, 0.29) is 24.0 Å². The first kappa shape index (κ1) is 11.2. The number of likely N-dealkylation sites (N-methyl/N-ethyl adjacent to an activating group) is 1. The van der Waals surface area contributed by atoms with Gasteiger partial charge in [0, 0.05) is 19.5 Å². The predicted octanol–water partition coefficient (Wildman–Crippen LogP) is 1.05. The van der Waals surface area contributed by atoms with Gasteiger partial charge in [-0.05, 0) is 24.3 Å². The number of nitrogens with zero attached hydrogens (tertiary/aromatic N) is 1. The van der Waals surface area contributed by atoms with Crippen LogP contribution in [-0.4, -0.2) is 35.3 Å². The summed E-state index contributed by atoms with van der Waals surface area (Å²) in [6.07, 6.45) is 0. The summed E-state index contributed by atoms with van der Waals surface area (Å²) >= 11 is 0. The van der Waals surface area contributed by atoms with Gasteiger partial charge >= 0.3 is 0 Å². The van der Waals surface area contributed by atoms with E-state index in [9.17, 15) is 9.59 Å². The Hall–Kier alpha value is -1.84. The number of hydrogen-bond acceptors (Lipinski definition) is 3. The minimum Gasteiger partial charge on any atom is -0.508 e. The third kappa shape index (κ3) is 3.09. The molecule has 0 aliphatic carbocycles. The molecule has 0 unspecified atom stereocenters. The van der Waals surface area contributed by atoms with E-state index in [1.165, 1.54) is 36.1 Å². The molecule has 0 spiro atoms. The number of rotatable bonds is 3. The monoisotopic (exact) mass is 207 g/mol. The molecule has 0 saturated carbocycles. The molecule has 0 fully saturated rings. The van der Waals surface area contributed by atoms with Crippen molar-refractivity contribution in [1.82, 2.24) is 4.90 Å². The van der Waals surface area contributed by atoms with Crippen molar-refractivity contribution in [3.05, 3.63) is 29.8 Å². The quantitative estimate of drug-likeness (QED) is 0.754. The van der Waals surface area contributed by atoms with Crippen molar-refractivity contribution in [2.75, 3.05) is 13.6 Å². The van der Waals surface area contributed by atoms with Gasteiger partial charge in [-0.1, -0.05) is 0 Å². The molecule has 1 rings (SSSR count). The average Bonchev–Trinajstić information content (AvgIpc) is 2.18. The van der Waals surface area contributed by atoms with E-state index in [4.69, 9.17) is 5.11 Å². The number of benzene rings is 1. The Balaban J connectivity index is 2.69. The molecule has 15 heavy (non-hydrogen) atoms. The largest absolute Gasteiger partial charge is 0.508 e. The van der Waals surface area contributed by atoms with Gasteiger partial charge in [-0.25, -0.2) is 0 Å². The van der Waals surface area contributed by atoms with Crippen LogP contribution in [0, 0.1) is 0 Å². The first-order valence-corrected chi connectivity index (χ1v) is 4.54. The van der Waals surface area contributed by atoms with Crippen LogP contribution in [0.5, 0.6) is 5.75 Å². The van der Waals surface area contributed by atoms with Gasteiger partial charge in [-0.15, -0.1) is 0 Å². The molecule has 4 heteroatoms. The third-order valence-electron chi connectivity index (χ3n) is 2.11. The van der Waals surface area contributed by atoms with Crippen LogP contribution in [0.4, 0.5) is 0 Å². The van der Waals surface area contributed by atoms with Gasteiger partial charge in [-0.3, -0.25) is 9.59 Å². The third-order valence-corrected chi connectivity index (χ3v) is 2.11. The topological polar surface area (TPSA) is 57.6 Å². The van der Waals surface area contributed by atoms with Crippen molar-refractivity contribution in [3.63, 3.8) is 0 Å². The van der Waals surface area contributed by atoms with Crippen molar-refractivity contribution >= 4 is 11.7 Å². The molecule has 1 amide bonds. The molecule has 0 heterocycles. The highest BCUT2D eigenvalue weighted by molar-refractivity contribution is 5.99. The van der Waals surface area contributed by atoms with Crippen LogP contribution in [-0.2, 0) is 4.79 Å². The molecule has 80 valence electrons. The fourth-order valence-electron chi connectivity index (χ4n) is 1.07. The van der Waals surface area contributed by atoms with Gasteiger partial charge in [0.05, 0.1) is 6.54 Å². The highest BCUT2D eigenvalue weighted by atomic mass is 16.3. The highest BCUT2D eigenvalue weighted by Crippen LogP contribution is 2.10. The Kier molecular flexibility index (Phi) is 3.44. The fraction of sp³-hybridized carbons (Fsp3) is 0.273. The summed E-state index contributed by atoms with van der Waals surface area (Å²) in [5.74, 6) is -0.179. The Morgan fingerprint density at radius 1 is 1.27 bits per heavy atom. The van der Waals surface area contributed by atoms with Crippen LogP contribution in [0.1, 0.15) is 17.3 Å². The van der Waals surface area contributed by atoms with Crippen LogP contribution in [0.15, 0.2) is 24.3 Å². The number of Topliss-reactive ketones (excluding diaryl/α,β-unsaturated/α-hetero) is 1. The zero-order valence-electron chi connectivity index (χ0n) is 8.73. The van der Waals surface area contributed by atoms with E-state index in [2.05, 4.69) is 0 Å². The maximum absolute atomic E-state index is 11.6. The lowest BCUT2D eigenvalue weighted by Gasteiger charge is -2.13. The number of carbonyl (C=O) groups excluding carboxylic acids is 2. The molecule has 0 saturated heterocycles. The molecule has 0 atom stereocenters. The second-order valence-corrected chi connectivity index (χ2v) is 3.35. The van der Waals surface area contributed by atoms with Crippen LogP contribution in [0.3, 0.4) is 0 Å². The molecule has 0 bridgehead atoms. The Morgan fingerprint density at radius 2 is 1.80 bits per heavy atom. The second kappa shape index (κ2) is 4.59. The number of hydrogen-bond donors (Lipinski definition) is 1. The summed E-state index contributed by atoms with van der Waals surface area (Å²) in [5, 5.41) is 9.03. The SMILES string of the molecule is CC(=O)N(C)CC(=O)c1ccc(O)cc1. The van der Waals surface area contributed by atoms with Crippen LogP contribution in [0.2, 0.25) is 0 Å². The van der Waals surface area contributed by atoms with E-state index >= 15 is 0 Å². The van der Waals surface area contributed by atoms with Crippen LogP contribution in [0.25, 0.3) is 0 Å². The maximum Gasteiger partial charge on any atom is 0.219 e. The van der Waals surface area contributed by atoms with Gasteiger partial charge in [-0.2, -0.15) is 0 Å². The summed E-state index contributed by atoms with van der Waals surface area (Å²) < 4.78 is 0. The maximum atomic E-state index is 11.6. The highest BCUT2D eigenvalue weighted by Gasteiger charge is 2.10. The van der Waals surface area contributed by atoms with E-state index in [1.54, 1.807) is 7.05 Å². The average molecular weight is 207 g/mol. The Bertz CT molecular complexity index is 370. The van der Waals surface area contributed by atoms with E-state index in [0.717, 1.165) is 0 Å². The molecule has 1 aromatic carbocycles. The summed E-state index contributed by atoms with van der Waals surface area (Å²) in [7, 11) is 1.57. The smallest absolute Gasteiger partial charge is 0.219 e. The lowest BCUT2D eigenvalue weighted by molar-refractivity contribution is -0.127. The molecule has 0 aliphatic heterocycles. The Morgan fingerprint density at radius 3 is 2.27 bits per heavy atom. The van der Waals surface area contributed by atoms with Gasteiger partial charge in [0.15, 0.2) is 5.78 Å². The normalized spacial score (nSPS) is 9.73. The number of amides is 1. The number of carbonyl (C=O) groups is 2. The van der Waals surface area contributed by atoms with Crippen LogP contribution >= 0.6 is 0 Å². The fourth-order valence-corrected chi connectivity index (χ4v) is 1.07. The molecule has 1 N–H and O–H groups in total. The molecule has 4 nitrogen and oxygen atoms in total. The van der Waals surface area contributed by atoms with Gasteiger partial charge in [0.2, 0.25) is 5.91 Å². The standard InChI is InChI=1S/C11H13NO3/c1-8(13)12(2)7-11(15)9-3-5-10(14)6-4-9/h3-6,14H,7H2,1-2H3. The number of aromatic hydroxyl groups is 1. The summed E-state index contributed by atoms with van der Waals surface area (Å²) in [5.41, 5.74) is 0.487.